The molecule has 0 saturated heterocycles. The number of carboxylic acid groups (broad SMARTS) is 1. The minimum Gasteiger partial charge on any atom is -0.478 e. The third-order valence-electron chi connectivity index (χ3n) is 8.82. The number of nitrogens with zero attached hydrogens (tertiary/aromatic N) is 1. The summed E-state index contributed by atoms with van der Waals surface area (Å²) in [6.45, 7) is 1.96. The van der Waals surface area contributed by atoms with Crippen LogP contribution in [0.5, 0.6) is 0 Å². The number of aldehydes is 2. The molecule has 0 radical (unpaired) electrons. The highest BCUT2D eigenvalue weighted by Gasteiger charge is 2.30. The number of hydrogen-bond donors (Lipinski definition) is 6. The van der Waals surface area contributed by atoms with Crippen LogP contribution in [0.25, 0.3) is 16.8 Å². The summed E-state index contributed by atoms with van der Waals surface area (Å²) >= 11 is 0. The maximum absolute atomic E-state index is 11.9. The van der Waals surface area contributed by atoms with Gasteiger partial charge in [-0.3, -0.25) is 0 Å². The minimum absolute atomic E-state index is 0.000658. The van der Waals surface area contributed by atoms with E-state index in [1.807, 2.05) is 25.1 Å². The van der Waals surface area contributed by atoms with Crippen molar-refractivity contribution in [2.75, 3.05) is 11.9 Å². The van der Waals surface area contributed by atoms with Crippen molar-refractivity contribution >= 4 is 47.2 Å². The molecular weight excluding hydrogens is 580 g/mol. The van der Waals surface area contributed by atoms with Crippen molar-refractivity contribution in [2.24, 2.45) is 34.0 Å². The monoisotopic (exact) mass is 626 g/mol. The number of carbonyl (C=O) groups is 3. The molecule has 0 aliphatic heterocycles. The van der Waals surface area contributed by atoms with Crippen LogP contribution < -0.4 is 22.5 Å². The van der Waals surface area contributed by atoms with Crippen LogP contribution in [0.2, 0.25) is 0 Å². The van der Waals surface area contributed by atoms with Crippen molar-refractivity contribution in [1.82, 2.24) is 4.98 Å². The Morgan fingerprint density at radius 1 is 1.11 bits per heavy atom. The van der Waals surface area contributed by atoms with E-state index in [0.717, 1.165) is 72.4 Å². The number of nitrogens with two attached hydrogens (primary N) is 3. The first-order valence-corrected chi connectivity index (χ1v) is 15.9. The molecule has 4 rings (SSSR count). The molecule has 1 aliphatic rings. The second kappa shape index (κ2) is 16.6. The number of carboxylic acids is 1. The number of H-pyrrole nitrogens is 1. The second-order valence-corrected chi connectivity index (χ2v) is 12.4. The van der Waals surface area contributed by atoms with Crippen molar-refractivity contribution in [2.45, 2.75) is 69.9 Å². The smallest absolute Gasteiger partial charge is 0.328 e. The Balaban J connectivity index is 1.68. The fourth-order valence-electron chi connectivity index (χ4n) is 6.35. The zero-order valence-corrected chi connectivity index (χ0v) is 26.4. The summed E-state index contributed by atoms with van der Waals surface area (Å²) in [5.74, 6) is -0.249. The van der Waals surface area contributed by atoms with Crippen LogP contribution in [0.3, 0.4) is 0 Å². The molecule has 5 atom stereocenters. The van der Waals surface area contributed by atoms with Crippen LogP contribution in [-0.2, 0) is 20.8 Å². The Hall–Kier alpha value is -4.70. The van der Waals surface area contributed by atoms with Crippen LogP contribution in [0.4, 0.5) is 5.82 Å². The largest absolute Gasteiger partial charge is 0.478 e. The maximum Gasteiger partial charge on any atom is 0.328 e. The molecule has 3 aromatic rings. The van der Waals surface area contributed by atoms with E-state index < -0.39 is 5.97 Å². The Morgan fingerprint density at radius 3 is 2.63 bits per heavy atom. The Morgan fingerprint density at radius 2 is 1.93 bits per heavy atom. The number of carbonyl (C=O) groups excluding carboxylic acids is 2. The van der Waals surface area contributed by atoms with Gasteiger partial charge in [0.2, 0.25) is 0 Å². The standard InChI is InChI=1S/C36H46N6O4/c1-23(22-44)7-12-30(37)4-2-5-31-27(11-10-26-17-25-9-8-24(13-15-43)16-28(25)18-32(26)31)19-33(42-34-6-3-14-40-34)29(20-35(45)46)21-41-36(38)39/h3,6,8-11,14-18,20,22-23,27,30-31,33,40,42H,2,4-5,7,12-13,19,21,37H2,1H3,(H,45,46)(H4,38,39,41). The summed E-state index contributed by atoms with van der Waals surface area (Å²) in [6, 6.07) is 14.0. The molecule has 2 aromatic carbocycles. The topological polar surface area (TPSA) is 190 Å². The molecule has 46 heavy (non-hydrogen) atoms. The highest BCUT2D eigenvalue weighted by molar-refractivity contribution is 5.88. The number of rotatable bonds is 18. The molecule has 0 fully saturated rings. The summed E-state index contributed by atoms with van der Waals surface area (Å²) in [5.41, 5.74) is 21.6. The van der Waals surface area contributed by atoms with Crippen molar-refractivity contribution in [3.63, 3.8) is 0 Å². The molecule has 10 heteroatoms. The Bertz CT molecular complexity index is 1570. The predicted octanol–water partition coefficient (Wildman–Crippen LogP) is 4.90. The lowest BCUT2D eigenvalue weighted by Crippen LogP contribution is -2.31. The summed E-state index contributed by atoms with van der Waals surface area (Å²) in [6.07, 6.45) is 14.4. The van der Waals surface area contributed by atoms with Gasteiger partial charge in [0, 0.05) is 30.7 Å². The quantitative estimate of drug-likeness (QED) is 0.0497. The third kappa shape index (κ3) is 9.65. The first-order valence-electron chi connectivity index (χ1n) is 15.9. The molecule has 1 aromatic heterocycles. The van der Waals surface area contributed by atoms with Gasteiger partial charge in [-0.05, 0) is 95.2 Å². The summed E-state index contributed by atoms with van der Waals surface area (Å²) < 4.78 is 0. The lowest BCUT2D eigenvalue weighted by Gasteiger charge is -2.34. The number of benzene rings is 2. The SMILES string of the molecule is CC(C=O)CCC(N)CCCC1c2cc3cc(CC=O)ccc3cc2C=CC1CC(Nc1ccc[nH]1)C(=CC(=O)O)CN=C(N)N. The van der Waals surface area contributed by atoms with Crippen molar-refractivity contribution < 1.29 is 19.5 Å². The van der Waals surface area contributed by atoms with Crippen molar-refractivity contribution in [3.05, 3.63) is 83.1 Å². The molecule has 0 saturated carbocycles. The average molecular weight is 627 g/mol. The van der Waals surface area contributed by atoms with E-state index in [0.29, 0.717) is 18.4 Å². The molecule has 0 amide bonds. The van der Waals surface area contributed by atoms with Gasteiger partial charge >= 0.3 is 5.97 Å². The van der Waals surface area contributed by atoms with Crippen LogP contribution in [0.1, 0.15) is 68.1 Å². The van der Waals surface area contributed by atoms with Crippen LogP contribution in [-0.4, -0.2) is 53.2 Å². The van der Waals surface area contributed by atoms with Gasteiger partial charge in [0.15, 0.2) is 5.96 Å². The first-order chi connectivity index (χ1) is 22.2. The second-order valence-electron chi connectivity index (χ2n) is 12.4. The number of aromatic amines is 1. The zero-order chi connectivity index (χ0) is 33.1. The van der Waals surface area contributed by atoms with Crippen molar-refractivity contribution in [1.29, 1.82) is 0 Å². The summed E-state index contributed by atoms with van der Waals surface area (Å²) in [7, 11) is 0. The van der Waals surface area contributed by atoms with Gasteiger partial charge in [-0.2, -0.15) is 0 Å². The van der Waals surface area contributed by atoms with Crippen LogP contribution in [0, 0.1) is 11.8 Å². The van der Waals surface area contributed by atoms with Gasteiger partial charge in [0.1, 0.15) is 18.4 Å². The van der Waals surface area contributed by atoms with Gasteiger partial charge in [-0.25, -0.2) is 9.79 Å². The maximum atomic E-state index is 11.9. The molecule has 244 valence electrons. The number of allylic oxidation sites excluding steroid dienone is 1. The van der Waals surface area contributed by atoms with Gasteiger partial charge in [0.25, 0.3) is 0 Å². The van der Waals surface area contributed by atoms with E-state index in [-0.39, 0.29) is 42.3 Å². The number of guanidine groups is 1. The zero-order valence-electron chi connectivity index (χ0n) is 26.4. The van der Waals surface area contributed by atoms with Gasteiger partial charge in [-0.1, -0.05) is 49.8 Å². The van der Waals surface area contributed by atoms with E-state index in [2.05, 4.69) is 51.7 Å². The highest BCUT2D eigenvalue weighted by atomic mass is 16.4. The minimum atomic E-state index is -1.07. The molecule has 5 unspecified atom stereocenters. The fraction of sp³-hybridized carbons (Fsp3) is 0.389. The van der Waals surface area contributed by atoms with E-state index >= 15 is 0 Å². The fourth-order valence-corrected chi connectivity index (χ4v) is 6.35. The van der Waals surface area contributed by atoms with Crippen LogP contribution >= 0.6 is 0 Å². The Kier molecular flexibility index (Phi) is 12.3. The number of hydrogen-bond acceptors (Lipinski definition) is 6. The molecular formula is C36H46N6O4. The van der Waals surface area contributed by atoms with Gasteiger partial charge < -0.3 is 42.2 Å². The average Bonchev–Trinajstić information content (AvgIpc) is 3.54. The molecule has 1 aliphatic carbocycles. The van der Waals surface area contributed by atoms with Gasteiger partial charge in [-0.15, -0.1) is 0 Å². The number of aliphatic imine (C=N–C) groups is 1. The summed E-state index contributed by atoms with van der Waals surface area (Å²) in [4.78, 5) is 41.5. The lowest BCUT2D eigenvalue weighted by molar-refractivity contribution is -0.131. The first kappa shape index (κ1) is 34.2. The van der Waals surface area contributed by atoms with Gasteiger partial charge in [0.05, 0.1) is 12.6 Å². The molecule has 9 N–H and O–H groups in total. The molecule has 0 spiro atoms. The lowest BCUT2D eigenvalue weighted by atomic mass is 9.72. The van der Waals surface area contributed by atoms with E-state index in [9.17, 15) is 19.5 Å². The number of nitrogens with one attached hydrogen (secondary N) is 2. The van der Waals surface area contributed by atoms with E-state index in [1.54, 1.807) is 6.20 Å². The van der Waals surface area contributed by atoms with E-state index in [1.165, 1.54) is 11.6 Å². The number of fused-ring (bicyclic) bond motifs is 2. The van der Waals surface area contributed by atoms with E-state index in [4.69, 9.17) is 17.2 Å². The molecule has 0 bridgehead atoms. The third-order valence-corrected chi connectivity index (χ3v) is 8.82. The predicted molar refractivity (Wildman–Crippen MR) is 184 cm³/mol. The number of aromatic nitrogens is 1. The summed E-state index contributed by atoms with van der Waals surface area (Å²) in [5, 5.41) is 15.4. The number of anilines is 1. The van der Waals surface area contributed by atoms with Crippen LogP contribution in [0.15, 0.2) is 71.4 Å². The molecule has 10 nitrogen and oxygen atoms in total. The normalized spacial score (nSPS) is 17.9. The van der Waals surface area contributed by atoms with Crippen molar-refractivity contribution in [3.8, 4) is 0 Å². The number of aliphatic carboxylic acids is 1. The highest BCUT2D eigenvalue weighted by Crippen LogP contribution is 2.42. The Labute approximate surface area is 270 Å². The molecule has 1 heterocycles.